The van der Waals surface area contributed by atoms with Gasteiger partial charge in [0, 0.05) is 11.6 Å². The quantitative estimate of drug-likeness (QED) is 0.588. The van der Waals surface area contributed by atoms with Gasteiger partial charge in [0.05, 0.1) is 17.9 Å². The summed E-state index contributed by atoms with van der Waals surface area (Å²) in [6.45, 7) is 3.83. The molecule has 4 N–H and O–H groups in total. The Balaban J connectivity index is 1.56. The van der Waals surface area contributed by atoms with Crippen LogP contribution < -0.4 is 16.4 Å². The molecular formula is C23H25N5O2. The van der Waals surface area contributed by atoms with E-state index in [2.05, 4.69) is 15.7 Å². The number of amides is 2. The number of nitrogens with two attached hydrogens (primary N) is 1. The summed E-state index contributed by atoms with van der Waals surface area (Å²) in [4.78, 5) is 25.2. The monoisotopic (exact) mass is 403 g/mol. The number of hydrogen-bond acceptors (Lipinski definition) is 4. The van der Waals surface area contributed by atoms with Crippen LogP contribution in [-0.2, 0) is 0 Å². The van der Waals surface area contributed by atoms with E-state index in [1.54, 1.807) is 12.1 Å². The Bertz CT molecular complexity index is 1090. The molecule has 7 nitrogen and oxygen atoms in total. The standard InChI is InChI=1S/C23H25N5O2/c1-14-8-9-17(22(29)27-18-10-11-18)12-20(14)28-21(24)19(13-25-28)23(30)26-15(2)16-6-4-3-5-7-16/h3-9,12-13,15,18H,10-11,24H2,1-2H3,(H,26,30)(H,27,29). The molecule has 2 aromatic carbocycles. The highest BCUT2D eigenvalue weighted by Gasteiger charge is 2.24. The Morgan fingerprint density at radius 2 is 1.87 bits per heavy atom. The molecule has 1 atom stereocenters. The first kappa shape index (κ1) is 19.7. The zero-order chi connectivity index (χ0) is 21.3. The third-order valence-corrected chi connectivity index (χ3v) is 5.31. The number of aryl methyl sites for hydroxylation is 1. The maximum atomic E-state index is 12.8. The van der Waals surface area contributed by atoms with E-state index in [0.29, 0.717) is 16.8 Å². The second-order valence-electron chi connectivity index (χ2n) is 7.71. The fourth-order valence-corrected chi connectivity index (χ4v) is 3.30. The molecular weight excluding hydrogens is 378 g/mol. The zero-order valence-electron chi connectivity index (χ0n) is 17.1. The van der Waals surface area contributed by atoms with Crippen LogP contribution in [0.25, 0.3) is 5.69 Å². The molecule has 0 aliphatic heterocycles. The smallest absolute Gasteiger partial charge is 0.257 e. The predicted octanol–water partition coefficient (Wildman–Crippen LogP) is 3.15. The van der Waals surface area contributed by atoms with Gasteiger partial charge < -0.3 is 16.4 Å². The third kappa shape index (κ3) is 4.05. The van der Waals surface area contributed by atoms with E-state index in [4.69, 9.17) is 5.73 Å². The first-order valence-corrected chi connectivity index (χ1v) is 10.0. The minimum atomic E-state index is -0.296. The minimum absolute atomic E-state index is 0.112. The molecule has 1 saturated carbocycles. The molecule has 0 radical (unpaired) electrons. The summed E-state index contributed by atoms with van der Waals surface area (Å²) in [6, 6.07) is 15.2. The zero-order valence-corrected chi connectivity index (χ0v) is 17.1. The van der Waals surface area contributed by atoms with Gasteiger partial charge in [0.15, 0.2) is 0 Å². The second kappa shape index (κ2) is 8.02. The van der Waals surface area contributed by atoms with Crippen LogP contribution in [0.3, 0.4) is 0 Å². The lowest BCUT2D eigenvalue weighted by molar-refractivity contribution is 0.0936. The average Bonchev–Trinajstić information content (AvgIpc) is 3.48. The second-order valence-corrected chi connectivity index (χ2v) is 7.71. The van der Waals surface area contributed by atoms with Crippen molar-refractivity contribution in [3.63, 3.8) is 0 Å². The molecule has 0 saturated heterocycles. The lowest BCUT2D eigenvalue weighted by Gasteiger charge is -2.14. The van der Waals surface area contributed by atoms with E-state index in [-0.39, 0.29) is 29.7 Å². The van der Waals surface area contributed by atoms with Crippen molar-refractivity contribution in [1.82, 2.24) is 20.4 Å². The summed E-state index contributed by atoms with van der Waals surface area (Å²) in [5, 5.41) is 10.3. The van der Waals surface area contributed by atoms with Crippen LogP contribution in [0.1, 0.15) is 57.7 Å². The van der Waals surface area contributed by atoms with Crippen LogP contribution in [0, 0.1) is 6.92 Å². The first-order chi connectivity index (χ1) is 14.4. The van der Waals surface area contributed by atoms with Crippen LogP contribution in [0.15, 0.2) is 54.7 Å². The maximum Gasteiger partial charge on any atom is 0.257 e. The maximum absolute atomic E-state index is 12.8. The van der Waals surface area contributed by atoms with Gasteiger partial charge in [-0.15, -0.1) is 0 Å². The number of carbonyl (C=O) groups excluding carboxylic acids is 2. The van der Waals surface area contributed by atoms with Crippen molar-refractivity contribution in [3.05, 3.63) is 77.0 Å². The number of benzene rings is 2. The summed E-state index contributed by atoms with van der Waals surface area (Å²) < 4.78 is 1.51. The molecule has 1 aliphatic rings. The molecule has 4 rings (SSSR count). The van der Waals surface area contributed by atoms with Crippen LogP contribution >= 0.6 is 0 Å². The van der Waals surface area contributed by atoms with Crippen LogP contribution in [0.4, 0.5) is 5.82 Å². The number of nitrogens with zero attached hydrogens (tertiary/aromatic N) is 2. The molecule has 1 heterocycles. The lowest BCUT2D eigenvalue weighted by atomic mass is 10.1. The first-order valence-electron chi connectivity index (χ1n) is 10.0. The Kier molecular flexibility index (Phi) is 5.27. The molecule has 2 amide bonds. The number of hydrogen-bond donors (Lipinski definition) is 3. The SMILES string of the molecule is Cc1ccc(C(=O)NC2CC2)cc1-n1ncc(C(=O)NC(C)c2ccccc2)c1N. The van der Waals surface area contributed by atoms with Crippen LogP contribution in [0.5, 0.6) is 0 Å². The molecule has 1 fully saturated rings. The Labute approximate surface area is 175 Å². The summed E-state index contributed by atoms with van der Waals surface area (Å²) in [5.74, 6) is -0.176. The molecule has 1 aliphatic carbocycles. The number of carbonyl (C=O) groups is 2. The fraction of sp³-hybridized carbons (Fsp3) is 0.261. The topological polar surface area (TPSA) is 102 Å². The summed E-state index contributed by atoms with van der Waals surface area (Å²) in [6.07, 6.45) is 3.51. The van der Waals surface area contributed by atoms with Crippen LogP contribution in [-0.4, -0.2) is 27.6 Å². The molecule has 0 spiro atoms. The van der Waals surface area contributed by atoms with E-state index in [9.17, 15) is 9.59 Å². The van der Waals surface area contributed by atoms with E-state index in [1.807, 2.05) is 50.2 Å². The van der Waals surface area contributed by atoms with Crippen molar-refractivity contribution < 1.29 is 9.59 Å². The van der Waals surface area contributed by atoms with Gasteiger partial charge in [0.25, 0.3) is 11.8 Å². The van der Waals surface area contributed by atoms with E-state index in [0.717, 1.165) is 24.0 Å². The highest BCUT2D eigenvalue weighted by atomic mass is 16.2. The normalized spacial score (nSPS) is 14.2. The highest BCUT2D eigenvalue weighted by molar-refractivity contribution is 5.99. The molecule has 0 bridgehead atoms. The summed E-state index contributed by atoms with van der Waals surface area (Å²) in [5.41, 5.74) is 9.69. The number of anilines is 1. The van der Waals surface area contributed by atoms with Gasteiger partial charge in [-0.25, -0.2) is 4.68 Å². The Morgan fingerprint density at radius 3 is 2.57 bits per heavy atom. The van der Waals surface area contributed by atoms with E-state index >= 15 is 0 Å². The van der Waals surface area contributed by atoms with Crippen LogP contribution in [0.2, 0.25) is 0 Å². The molecule has 1 aromatic heterocycles. The number of nitrogens with one attached hydrogen (secondary N) is 2. The average molecular weight is 403 g/mol. The third-order valence-electron chi connectivity index (χ3n) is 5.31. The van der Waals surface area contributed by atoms with Crippen molar-refractivity contribution in [3.8, 4) is 5.69 Å². The molecule has 1 unspecified atom stereocenters. The Hall–Kier alpha value is -3.61. The summed E-state index contributed by atoms with van der Waals surface area (Å²) >= 11 is 0. The Morgan fingerprint density at radius 1 is 1.13 bits per heavy atom. The highest BCUT2D eigenvalue weighted by Crippen LogP contribution is 2.24. The lowest BCUT2D eigenvalue weighted by Crippen LogP contribution is -2.27. The number of nitrogen functional groups attached to an aromatic ring is 1. The van der Waals surface area contributed by atoms with Crippen molar-refractivity contribution >= 4 is 17.6 Å². The molecule has 30 heavy (non-hydrogen) atoms. The minimum Gasteiger partial charge on any atom is -0.383 e. The van der Waals surface area contributed by atoms with Crippen molar-refractivity contribution in [2.45, 2.75) is 38.8 Å². The van der Waals surface area contributed by atoms with Gasteiger partial charge >= 0.3 is 0 Å². The fourth-order valence-electron chi connectivity index (χ4n) is 3.30. The van der Waals surface area contributed by atoms with Crippen molar-refractivity contribution in [1.29, 1.82) is 0 Å². The number of rotatable bonds is 6. The number of aromatic nitrogens is 2. The van der Waals surface area contributed by atoms with E-state index < -0.39 is 0 Å². The van der Waals surface area contributed by atoms with Gasteiger partial charge in [0.2, 0.25) is 0 Å². The van der Waals surface area contributed by atoms with Gasteiger partial charge in [-0.2, -0.15) is 5.10 Å². The predicted molar refractivity (Wildman–Crippen MR) is 116 cm³/mol. The molecule has 7 heteroatoms. The van der Waals surface area contributed by atoms with Gasteiger partial charge in [-0.05, 0) is 49.9 Å². The van der Waals surface area contributed by atoms with Crippen molar-refractivity contribution in [2.24, 2.45) is 0 Å². The largest absolute Gasteiger partial charge is 0.383 e. The summed E-state index contributed by atoms with van der Waals surface area (Å²) in [7, 11) is 0. The molecule has 3 aromatic rings. The van der Waals surface area contributed by atoms with Crippen molar-refractivity contribution in [2.75, 3.05) is 5.73 Å². The van der Waals surface area contributed by atoms with Gasteiger partial charge in [-0.3, -0.25) is 9.59 Å². The van der Waals surface area contributed by atoms with Gasteiger partial charge in [0.1, 0.15) is 11.4 Å². The molecule has 154 valence electrons. The van der Waals surface area contributed by atoms with E-state index in [1.165, 1.54) is 10.9 Å². The van der Waals surface area contributed by atoms with Gasteiger partial charge in [-0.1, -0.05) is 36.4 Å².